The van der Waals surface area contributed by atoms with Gasteiger partial charge in [0.15, 0.2) is 0 Å². The highest BCUT2D eigenvalue weighted by Crippen LogP contribution is 2.34. The maximum atomic E-state index is 13.0. The number of nitrogens with zero attached hydrogens (tertiary/aromatic N) is 2. The Bertz CT molecular complexity index is 598. The van der Waals surface area contributed by atoms with Crippen LogP contribution in [0, 0.1) is 5.92 Å². The van der Waals surface area contributed by atoms with Gasteiger partial charge in [-0.15, -0.1) is 0 Å². The Hall–Kier alpha value is -2.04. The summed E-state index contributed by atoms with van der Waals surface area (Å²) in [4.78, 5) is 29.0. The third-order valence-corrected chi connectivity index (χ3v) is 4.98. The van der Waals surface area contributed by atoms with Crippen molar-refractivity contribution < 1.29 is 9.59 Å². The maximum Gasteiger partial charge on any atom is 0.249 e. The number of hydrogen-bond donors (Lipinski definition) is 1. The highest BCUT2D eigenvalue weighted by Gasteiger charge is 2.44. The first-order valence-electron chi connectivity index (χ1n) is 8.83. The number of hydrogen-bond acceptors (Lipinski definition) is 3. The van der Waals surface area contributed by atoms with E-state index >= 15 is 0 Å². The molecule has 1 heterocycles. The first kappa shape index (κ1) is 16.8. The summed E-state index contributed by atoms with van der Waals surface area (Å²) >= 11 is 0. The molecule has 1 aliphatic heterocycles. The van der Waals surface area contributed by atoms with Crippen molar-refractivity contribution in [3.05, 3.63) is 30.3 Å². The number of carbonyl (C=O) groups excluding carboxylic acids is 2. The molecule has 0 bridgehead atoms. The summed E-state index contributed by atoms with van der Waals surface area (Å²) < 4.78 is 0. The smallest absolute Gasteiger partial charge is 0.249 e. The Morgan fingerprint density at radius 3 is 2.58 bits per heavy atom. The molecule has 2 amide bonds. The van der Waals surface area contributed by atoms with Crippen molar-refractivity contribution in [2.75, 3.05) is 32.5 Å². The molecule has 1 aliphatic carbocycles. The fourth-order valence-electron chi connectivity index (χ4n) is 3.52. The number of para-hydroxylation sites is 1. The molecule has 2 aliphatic rings. The van der Waals surface area contributed by atoms with E-state index in [0.29, 0.717) is 18.9 Å². The van der Waals surface area contributed by atoms with Gasteiger partial charge in [-0.3, -0.25) is 9.59 Å². The van der Waals surface area contributed by atoms with Crippen molar-refractivity contribution in [3.63, 3.8) is 0 Å². The van der Waals surface area contributed by atoms with Crippen LogP contribution in [-0.4, -0.2) is 54.3 Å². The Kier molecular flexibility index (Phi) is 4.78. The molecule has 0 spiro atoms. The maximum absolute atomic E-state index is 13.0. The zero-order chi connectivity index (χ0) is 17.2. The molecule has 2 fully saturated rings. The lowest BCUT2D eigenvalue weighted by Gasteiger charge is -2.44. The van der Waals surface area contributed by atoms with Crippen LogP contribution in [-0.2, 0) is 9.59 Å². The van der Waals surface area contributed by atoms with E-state index in [9.17, 15) is 9.59 Å². The minimum absolute atomic E-state index is 0.0373. The topological polar surface area (TPSA) is 52.7 Å². The highest BCUT2D eigenvalue weighted by atomic mass is 16.2. The van der Waals surface area contributed by atoms with E-state index in [1.54, 1.807) is 19.0 Å². The molecule has 130 valence electrons. The number of benzene rings is 1. The van der Waals surface area contributed by atoms with E-state index in [1.165, 1.54) is 12.8 Å². The van der Waals surface area contributed by atoms with Gasteiger partial charge >= 0.3 is 0 Å². The number of anilines is 1. The average Bonchev–Trinajstić information content (AvgIpc) is 3.39. The lowest BCUT2D eigenvalue weighted by Crippen LogP contribution is -2.62. The second kappa shape index (κ2) is 6.83. The van der Waals surface area contributed by atoms with Crippen LogP contribution in [0.1, 0.15) is 32.1 Å². The van der Waals surface area contributed by atoms with Crippen molar-refractivity contribution in [1.29, 1.82) is 0 Å². The van der Waals surface area contributed by atoms with Gasteiger partial charge < -0.3 is 15.1 Å². The normalized spacial score (nSPS) is 23.7. The quantitative estimate of drug-likeness (QED) is 0.902. The molecule has 5 heteroatoms. The SMILES string of the molecule is CN(C)C(=O)C1(Nc2ccccc2)CCCN(C(=O)CC2CC2)C1. The first-order chi connectivity index (χ1) is 11.5. The van der Waals surface area contributed by atoms with E-state index < -0.39 is 5.54 Å². The number of rotatable bonds is 5. The molecule has 1 atom stereocenters. The molecule has 5 nitrogen and oxygen atoms in total. The third kappa shape index (κ3) is 3.71. The van der Waals surface area contributed by atoms with E-state index in [4.69, 9.17) is 0 Å². The van der Waals surface area contributed by atoms with Gasteiger partial charge in [-0.05, 0) is 43.7 Å². The first-order valence-corrected chi connectivity index (χ1v) is 8.83. The van der Waals surface area contributed by atoms with E-state index in [1.807, 2.05) is 35.2 Å². The largest absolute Gasteiger partial charge is 0.370 e. The Morgan fingerprint density at radius 2 is 1.96 bits per heavy atom. The lowest BCUT2D eigenvalue weighted by atomic mass is 9.86. The molecule has 1 N–H and O–H groups in total. The molecule has 3 rings (SSSR count). The number of likely N-dealkylation sites (N-methyl/N-ethyl adjacent to an activating group) is 1. The molecule has 1 unspecified atom stereocenters. The summed E-state index contributed by atoms with van der Waals surface area (Å²) in [6, 6.07) is 9.80. The highest BCUT2D eigenvalue weighted by molar-refractivity contribution is 5.90. The predicted octanol–water partition coefficient (Wildman–Crippen LogP) is 2.35. The van der Waals surface area contributed by atoms with Crippen molar-refractivity contribution in [2.24, 2.45) is 5.92 Å². The van der Waals surface area contributed by atoms with Gasteiger partial charge in [-0.1, -0.05) is 18.2 Å². The van der Waals surface area contributed by atoms with E-state index in [0.717, 1.165) is 25.1 Å². The van der Waals surface area contributed by atoms with Crippen molar-refractivity contribution in [2.45, 2.75) is 37.6 Å². The summed E-state index contributed by atoms with van der Waals surface area (Å²) in [6.07, 6.45) is 4.56. The lowest BCUT2D eigenvalue weighted by molar-refractivity contribution is -0.140. The standard InChI is InChI=1S/C19H27N3O2/c1-21(2)18(24)19(20-16-7-4-3-5-8-16)11-6-12-22(14-19)17(23)13-15-9-10-15/h3-5,7-8,15,20H,6,9-14H2,1-2H3. The Balaban J connectivity index is 1.80. The minimum Gasteiger partial charge on any atom is -0.370 e. The average molecular weight is 329 g/mol. The van der Waals surface area contributed by atoms with Crippen LogP contribution in [0.25, 0.3) is 0 Å². The molecule has 0 aromatic heterocycles. The van der Waals surface area contributed by atoms with Crippen LogP contribution < -0.4 is 5.32 Å². The second-order valence-electron chi connectivity index (χ2n) is 7.34. The van der Waals surface area contributed by atoms with Crippen molar-refractivity contribution >= 4 is 17.5 Å². The number of piperidine rings is 1. The van der Waals surface area contributed by atoms with Crippen LogP contribution in [0.4, 0.5) is 5.69 Å². The predicted molar refractivity (Wildman–Crippen MR) is 94.6 cm³/mol. The molecule has 24 heavy (non-hydrogen) atoms. The minimum atomic E-state index is -0.734. The van der Waals surface area contributed by atoms with Crippen LogP contribution in [0.3, 0.4) is 0 Å². The molecule has 1 saturated carbocycles. The number of carbonyl (C=O) groups is 2. The summed E-state index contributed by atoms with van der Waals surface area (Å²) in [7, 11) is 3.56. The fourth-order valence-corrected chi connectivity index (χ4v) is 3.52. The monoisotopic (exact) mass is 329 g/mol. The van der Waals surface area contributed by atoms with E-state index in [-0.39, 0.29) is 11.8 Å². The zero-order valence-corrected chi connectivity index (χ0v) is 14.6. The zero-order valence-electron chi connectivity index (χ0n) is 14.6. The van der Waals surface area contributed by atoms with Crippen molar-refractivity contribution in [1.82, 2.24) is 9.80 Å². The Labute approximate surface area is 144 Å². The molecule has 0 radical (unpaired) electrons. The summed E-state index contributed by atoms with van der Waals surface area (Å²) in [5.74, 6) is 0.804. The van der Waals surface area contributed by atoms with Crippen LogP contribution >= 0.6 is 0 Å². The van der Waals surface area contributed by atoms with Gasteiger partial charge in [0.05, 0.1) is 6.54 Å². The number of likely N-dealkylation sites (tertiary alicyclic amines) is 1. The summed E-state index contributed by atoms with van der Waals surface area (Å²) in [5, 5.41) is 3.44. The van der Waals surface area contributed by atoms with Gasteiger partial charge in [-0.25, -0.2) is 0 Å². The van der Waals surface area contributed by atoms with E-state index in [2.05, 4.69) is 5.32 Å². The van der Waals surface area contributed by atoms with Gasteiger partial charge in [0.25, 0.3) is 0 Å². The van der Waals surface area contributed by atoms with Crippen molar-refractivity contribution in [3.8, 4) is 0 Å². The van der Waals surface area contributed by atoms with Crippen LogP contribution in [0.15, 0.2) is 30.3 Å². The third-order valence-electron chi connectivity index (χ3n) is 4.98. The Morgan fingerprint density at radius 1 is 1.25 bits per heavy atom. The van der Waals surface area contributed by atoms with Gasteiger partial charge in [0.2, 0.25) is 11.8 Å². The van der Waals surface area contributed by atoms with Gasteiger partial charge in [-0.2, -0.15) is 0 Å². The number of amides is 2. The number of nitrogens with one attached hydrogen (secondary N) is 1. The fraction of sp³-hybridized carbons (Fsp3) is 0.579. The van der Waals surface area contributed by atoms with Crippen LogP contribution in [0.2, 0.25) is 0 Å². The molecular weight excluding hydrogens is 302 g/mol. The van der Waals surface area contributed by atoms with Gasteiger partial charge in [0, 0.05) is 32.7 Å². The second-order valence-corrected chi connectivity index (χ2v) is 7.34. The summed E-state index contributed by atoms with van der Waals surface area (Å²) in [6.45, 7) is 1.20. The molecular formula is C19H27N3O2. The van der Waals surface area contributed by atoms with Gasteiger partial charge in [0.1, 0.15) is 5.54 Å². The van der Waals surface area contributed by atoms with Crippen LogP contribution in [0.5, 0.6) is 0 Å². The summed E-state index contributed by atoms with van der Waals surface area (Å²) in [5.41, 5.74) is 0.187. The molecule has 1 saturated heterocycles. The molecule has 1 aromatic rings. The molecule has 1 aromatic carbocycles.